The smallest absolute Gasteiger partial charge is 0.224 e. The van der Waals surface area contributed by atoms with Crippen LogP contribution in [0.2, 0.25) is 0 Å². The average Bonchev–Trinajstić information content (AvgIpc) is 2.26. The van der Waals surface area contributed by atoms with Gasteiger partial charge in [0.25, 0.3) is 0 Å². The van der Waals surface area contributed by atoms with E-state index in [1.807, 2.05) is 13.8 Å². The Balaban J connectivity index is 3.29. The molecular weight excluding hydrogens is 194 g/mol. The lowest BCUT2D eigenvalue weighted by molar-refractivity contribution is 0.357. The first kappa shape index (κ1) is 11.7. The summed E-state index contributed by atoms with van der Waals surface area (Å²) in [6.07, 6.45) is 0. The maximum atomic E-state index is 5.59. The van der Waals surface area contributed by atoms with Crippen LogP contribution in [0.4, 0.5) is 0 Å². The van der Waals surface area contributed by atoms with Crippen LogP contribution in [0, 0.1) is 0 Å². The van der Waals surface area contributed by atoms with E-state index >= 15 is 0 Å². The molecule has 1 aromatic heterocycles. The molecule has 1 heterocycles. The first-order valence-electron chi connectivity index (χ1n) is 4.82. The number of hydrogen-bond acceptors (Lipinski definition) is 5. The molecule has 15 heavy (non-hydrogen) atoms. The molecule has 84 valence electrons. The SMILES string of the molecule is COc1nc(C(C)C)nc(OC)c1CN. The van der Waals surface area contributed by atoms with Crippen LogP contribution in [0.15, 0.2) is 0 Å². The highest BCUT2D eigenvalue weighted by Crippen LogP contribution is 2.26. The van der Waals surface area contributed by atoms with E-state index in [0.717, 1.165) is 0 Å². The molecule has 0 unspecified atom stereocenters. The molecule has 0 spiro atoms. The predicted octanol–water partition coefficient (Wildman–Crippen LogP) is 1.08. The van der Waals surface area contributed by atoms with Gasteiger partial charge in [-0.15, -0.1) is 0 Å². The first-order valence-corrected chi connectivity index (χ1v) is 4.82. The number of ether oxygens (including phenoxy) is 2. The Morgan fingerprint density at radius 3 is 1.87 bits per heavy atom. The van der Waals surface area contributed by atoms with Gasteiger partial charge in [0.15, 0.2) is 0 Å². The van der Waals surface area contributed by atoms with Crippen molar-refractivity contribution >= 4 is 0 Å². The molecule has 5 nitrogen and oxygen atoms in total. The molecule has 0 atom stereocenters. The highest BCUT2D eigenvalue weighted by atomic mass is 16.5. The zero-order valence-electron chi connectivity index (χ0n) is 9.57. The highest BCUT2D eigenvalue weighted by molar-refractivity contribution is 5.35. The molecule has 0 aliphatic heterocycles. The molecule has 0 saturated carbocycles. The molecular formula is C10H17N3O2. The number of hydrogen-bond donors (Lipinski definition) is 1. The fourth-order valence-corrected chi connectivity index (χ4v) is 1.23. The minimum Gasteiger partial charge on any atom is -0.481 e. The molecule has 0 saturated heterocycles. The second-order valence-electron chi connectivity index (χ2n) is 3.44. The van der Waals surface area contributed by atoms with Crippen LogP contribution >= 0.6 is 0 Å². The highest BCUT2D eigenvalue weighted by Gasteiger charge is 2.15. The van der Waals surface area contributed by atoms with Gasteiger partial charge in [0.2, 0.25) is 11.8 Å². The van der Waals surface area contributed by atoms with Crippen molar-refractivity contribution in [3.05, 3.63) is 11.4 Å². The Labute approximate surface area is 89.6 Å². The molecule has 2 N–H and O–H groups in total. The van der Waals surface area contributed by atoms with Gasteiger partial charge in [-0.2, -0.15) is 9.97 Å². The van der Waals surface area contributed by atoms with Crippen molar-refractivity contribution < 1.29 is 9.47 Å². The second-order valence-corrected chi connectivity index (χ2v) is 3.44. The fourth-order valence-electron chi connectivity index (χ4n) is 1.23. The normalized spacial score (nSPS) is 10.5. The zero-order valence-corrected chi connectivity index (χ0v) is 9.57. The Kier molecular flexibility index (Phi) is 3.85. The Hall–Kier alpha value is -1.36. The van der Waals surface area contributed by atoms with E-state index in [0.29, 0.717) is 29.7 Å². The van der Waals surface area contributed by atoms with Crippen LogP contribution in [0.25, 0.3) is 0 Å². The lowest BCUT2D eigenvalue weighted by Gasteiger charge is -2.13. The van der Waals surface area contributed by atoms with E-state index in [4.69, 9.17) is 15.2 Å². The van der Waals surface area contributed by atoms with Gasteiger partial charge in [0.05, 0.1) is 19.8 Å². The Morgan fingerprint density at radius 1 is 1.13 bits per heavy atom. The molecule has 1 aromatic rings. The summed E-state index contributed by atoms with van der Waals surface area (Å²) in [4.78, 5) is 8.55. The zero-order chi connectivity index (χ0) is 11.4. The van der Waals surface area contributed by atoms with E-state index < -0.39 is 0 Å². The van der Waals surface area contributed by atoms with Gasteiger partial charge in [0, 0.05) is 12.5 Å². The third-order valence-corrected chi connectivity index (χ3v) is 2.06. The maximum absolute atomic E-state index is 5.59. The summed E-state index contributed by atoms with van der Waals surface area (Å²) in [6.45, 7) is 4.32. The fraction of sp³-hybridized carbons (Fsp3) is 0.600. The minimum absolute atomic E-state index is 0.222. The number of rotatable bonds is 4. The molecule has 0 amide bonds. The molecule has 0 aliphatic rings. The van der Waals surface area contributed by atoms with E-state index in [1.54, 1.807) is 14.2 Å². The minimum atomic E-state index is 0.222. The average molecular weight is 211 g/mol. The van der Waals surface area contributed by atoms with E-state index in [1.165, 1.54) is 0 Å². The summed E-state index contributed by atoms with van der Waals surface area (Å²) in [5.41, 5.74) is 6.29. The van der Waals surface area contributed by atoms with Crippen molar-refractivity contribution in [2.45, 2.75) is 26.3 Å². The van der Waals surface area contributed by atoms with E-state index in [2.05, 4.69) is 9.97 Å². The Bertz CT molecular complexity index is 314. The van der Waals surface area contributed by atoms with Crippen molar-refractivity contribution in [1.29, 1.82) is 0 Å². The van der Waals surface area contributed by atoms with E-state index in [9.17, 15) is 0 Å². The van der Waals surface area contributed by atoms with Crippen LogP contribution in [-0.4, -0.2) is 24.2 Å². The van der Waals surface area contributed by atoms with Crippen molar-refractivity contribution in [2.24, 2.45) is 5.73 Å². The van der Waals surface area contributed by atoms with Gasteiger partial charge < -0.3 is 15.2 Å². The number of aromatic nitrogens is 2. The summed E-state index contributed by atoms with van der Waals surface area (Å²) in [5, 5.41) is 0. The lowest BCUT2D eigenvalue weighted by Crippen LogP contribution is -2.09. The molecule has 0 aromatic carbocycles. The molecule has 0 bridgehead atoms. The molecule has 1 rings (SSSR count). The summed E-state index contributed by atoms with van der Waals surface area (Å²) in [5.74, 6) is 1.90. The van der Waals surface area contributed by atoms with Gasteiger partial charge in [-0.25, -0.2) is 0 Å². The third-order valence-electron chi connectivity index (χ3n) is 2.06. The third kappa shape index (κ3) is 2.36. The number of nitrogens with two attached hydrogens (primary N) is 1. The molecule has 5 heteroatoms. The van der Waals surface area contributed by atoms with Gasteiger partial charge in [-0.3, -0.25) is 0 Å². The van der Waals surface area contributed by atoms with Crippen LogP contribution < -0.4 is 15.2 Å². The molecule has 0 fully saturated rings. The summed E-state index contributed by atoms with van der Waals surface area (Å²) in [7, 11) is 3.12. The van der Waals surface area contributed by atoms with Gasteiger partial charge >= 0.3 is 0 Å². The standard InChI is InChI=1S/C10H17N3O2/c1-6(2)8-12-9(14-3)7(5-11)10(13-8)15-4/h6H,5,11H2,1-4H3. The van der Waals surface area contributed by atoms with Gasteiger partial charge in [-0.1, -0.05) is 13.8 Å². The van der Waals surface area contributed by atoms with E-state index in [-0.39, 0.29) is 5.92 Å². The number of methoxy groups -OCH3 is 2. The molecule has 0 aliphatic carbocycles. The predicted molar refractivity (Wildman–Crippen MR) is 57.1 cm³/mol. The lowest BCUT2D eigenvalue weighted by atomic mass is 10.2. The van der Waals surface area contributed by atoms with Crippen molar-refractivity contribution in [3.8, 4) is 11.8 Å². The maximum Gasteiger partial charge on any atom is 0.224 e. The van der Waals surface area contributed by atoms with Crippen molar-refractivity contribution in [3.63, 3.8) is 0 Å². The topological polar surface area (TPSA) is 70.3 Å². The largest absolute Gasteiger partial charge is 0.481 e. The summed E-state index contributed by atoms with van der Waals surface area (Å²) < 4.78 is 10.3. The van der Waals surface area contributed by atoms with Gasteiger partial charge in [-0.05, 0) is 0 Å². The van der Waals surface area contributed by atoms with Gasteiger partial charge in [0.1, 0.15) is 5.82 Å². The summed E-state index contributed by atoms with van der Waals surface area (Å²) in [6, 6.07) is 0. The van der Waals surface area contributed by atoms with Crippen molar-refractivity contribution in [1.82, 2.24) is 9.97 Å². The number of nitrogens with zero attached hydrogens (tertiary/aromatic N) is 2. The van der Waals surface area contributed by atoms with Crippen LogP contribution in [0.3, 0.4) is 0 Å². The first-order chi connectivity index (χ1) is 7.13. The van der Waals surface area contributed by atoms with Crippen LogP contribution in [0.1, 0.15) is 31.2 Å². The van der Waals surface area contributed by atoms with Crippen LogP contribution in [-0.2, 0) is 6.54 Å². The van der Waals surface area contributed by atoms with Crippen LogP contribution in [0.5, 0.6) is 11.8 Å². The van der Waals surface area contributed by atoms with Crippen molar-refractivity contribution in [2.75, 3.05) is 14.2 Å². The molecule has 0 radical (unpaired) electrons. The Morgan fingerprint density at radius 2 is 1.60 bits per heavy atom. The quantitative estimate of drug-likeness (QED) is 0.806. The monoisotopic (exact) mass is 211 g/mol. The summed E-state index contributed by atoms with van der Waals surface area (Å²) >= 11 is 0. The second kappa shape index (κ2) is 4.93.